The molecule has 0 aromatic heterocycles. The van der Waals surface area contributed by atoms with E-state index < -0.39 is 0 Å². The summed E-state index contributed by atoms with van der Waals surface area (Å²) in [7, 11) is 0. The molecule has 1 aromatic rings. The summed E-state index contributed by atoms with van der Waals surface area (Å²) in [5, 5.41) is 21.4. The molecular weight excluding hydrogens is 294 g/mol. The lowest BCUT2D eigenvalue weighted by Crippen LogP contribution is -2.41. The van der Waals surface area contributed by atoms with Crippen LogP contribution < -0.4 is 5.32 Å². The quantitative estimate of drug-likeness (QED) is 0.722. The Morgan fingerprint density at radius 1 is 1.28 bits per heavy atom. The summed E-state index contributed by atoms with van der Waals surface area (Å²) in [5.74, 6) is 0. The van der Waals surface area contributed by atoms with E-state index in [-0.39, 0.29) is 24.7 Å². The number of aliphatic hydroxyl groups is 2. The van der Waals surface area contributed by atoms with E-state index in [4.69, 9.17) is 5.11 Å². The summed E-state index contributed by atoms with van der Waals surface area (Å²) in [6.07, 6.45) is 0.572. The van der Waals surface area contributed by atoms with Gasteiger partial charge in [0.1, 0.15) is 0 Å². The highest BCUT2D eigenvalue weighted by molar-refractivity contribution is 9.10. The van der Waals surface area contributed by atoms with Gasteiger partial charge in [-0.15, -0.1) is 0 Å². The largest absolute Gasteiger partial charge is 0.396 e. The molecule has 0 spiro atoms. The average Bonchev–Trinajstić information content (AvgIpc) is 2.34. The smallest absolute Gasteiger partial charge is 0.0585 e. The summed E-state index contributed by atoms with van der Waals surface area (Å²) < 4.78 is 1.10. The van der Waals surface area contributed by atoms with Gasteiger partial charge in [-0.2, -0.15) is 0 Å². The van der Waals surface area contributed by atoms with E-state index in [1.54, 1.807) is 0 Å². The van der Waals surface area contributed by atoms with E-state index in [1.165, 1.54) is 5.56 Å². The Bertz CT molecular complexity index is 369. The summed E-state index contributed by atoms with van der Waals surface area (Å²) in [5.41, 5.74) is 1.20. The van der Waals surface area contributed by atoms with Gasteiger partial charge in [-0.05, 0) is 18.1 Å². The fraction of sp³-hybridized carbons (Fsp3) is 0.571. The summed E-state index contributed by atoms with van der Waals surface area (Å²) in [6.45, 7) is 5.21. The first kappa shape index (κ1) is 15.6. The molecule has 3 N–H and O–H groups in total. The summed E-state index contributed by atoms with van der Waals surface area (Å²) >= 11 is 3.57. The zero-order valence-electron chi connectivity index (χ0n) is 11.0. The fourth-order valence-electron chi connectivity index (χ4n) is 1.92. The van der Waals surface area contributed by atoms with Gasteiger partial charge in [-0.1, -0.05) is 48.0 Å². The van der Waals surface area contributed by atoms with Crippen molar-refractivity contribution in [3.8, 4) is 0 Å². The average molecular weight is 316 g/mol. The molecule has 0 aliphatic heterocycles. The van der Waals surface area contributed by atoms with Crippen LogP contribution in [0.5, 0.6) is 0 Å². The number of nitrogens with one attached hydrogen (secondary N) is 1. The third-order valence-corrected chi connectivity index (χ3v) is 3.83. The SMILES string of the molecule is CC(C)(CNC(CO)CCO)c1ccccc1Br. The third kappa shape index (κ3) is 4.35. The van der Waals surface area contributed by atoms with Crippen LogP contribution in [0, 0.1) is 0 Å². The van der Waals surface area contributed by atoms with Crippen LogP contribution in [-0.2, 0) is 5.41 Å². The molecule has 18 heavy (non-hydrogen) atoms. The number of aliphatic hydroxyl groups excluding tert-OH is 2. The van der Waals surface area contributed by atoms with Gasteiger partial charge in [0.05, 0.1) is 6.61 Å². The van der Waals surface area contributed by atoms with Crippen LogP contribution in [0.15, 0.2) is 28.7 Å². The predicted octanol–water partition coefficient (Wildman–Crippen LogP) is 2.06. The lowest BCUT2D eigenvalue weighted by atomic mass is 9.84. The Kier molecular flexibility index (Phi) is 6.29. The number of hydrogen-bond acceptors (Lipinski definition) is 3. The normalized spacial score (nSPS) is 13.6. The predicted molar refractivity (Wildman–Crippen MR) is 77.7 cm³/mol. The van der Waals surface area contributed by atoms with Gasteiger partial charge in [-0.3, -0.25) is 0 Å². The number of rotatable bonds is 7. The second-order valence-corrected chi connectivity index (χ2v) is 5.99. The monoisotopic (exact) mass is 315 g/mol. The van der Waals surface area contributed by atoms with E-state index in [0.717, 1.165) is 11.0 Å². The first-order chi connectivity index (χ1) is 8.51. The van der Waals surface area contributed by atoms with Crippen molar-refractivity contribution in [2.24, 2.45) is 0 Å². The van der Waals surface area contributed by atoms with Crippen molar-refractivity contribution >= 4 is 15.9 Å². The van der Waals surface area contributed by atoms with Crippen LogP contribution >= 0.6 is 15.9 Å². The number of hydrogen-bond donors (Lipinski definition) is 3. The lowest BCUT2D eigenvalue weighted by molar-refractivity contribution is 0.195. The maximum absolute atomic E-state index is 9.20. The van der Waals surface area contributed by atoms with Crippen LogP contribution in [0.3, 0.4) is 0 Å². The highest BCUT2D eigenvalue weighted by atomic mass is 79.9. The molecule has 1 unspecified atom stereocenters. The van der Waals surface area contributed by atoms with Gasteiger partial charge in [0.15, 0.2) is 0 Å². The van der Waals surface area contributed by atoms with Crippen molar-refractivity contribution in [2.45, 2.75) is 31.7 Å². The molecule has 0 saturated carbocycles. The van der Waals surface area contributed by atoms with E-state index in [9.17, 15) is 5.11 Å². The highest BCUT2D eigenvalue weighted by Crippen LogP contribution is 2.29. The first-order valence-electron chi connectivity index (χ1n) is 6.21. The number of halogens is 1. The fourth-order valence-corrected chi connectivity index (χ4v) is 2.74. The molecule has 0 aliphatic carbocycles. The molecule has 4 heteroatoms. The second kappa shape index (κ2) is 7.24. The Labute approximate surface area is 117 Å². The Morgan fingerprint density at radius 2 is 1.94 bits per heavy atom. The molecule has 3 nitrogen and oxygen atoms in total. The molecule has 0 aliphatic rings. The van der Waals surface area contributed by atoms with Crippen LogP contribution in [0.2, 0.25) is 0 Å². The van der Waals surface area contributed by atoms with Gasteiger partial charge < -0.3 is 15.5 Å². The minimum atomic E-state index is -0.0447. The Morgan fingerprint density at radius 3 is 2.50 bits per heavy atom. The van der Waals surface area contributed by atoms with E-state index in [2.05, 4.69) is 41.2 Å². The topological polar surface area (TPSA) is 52.5 Å². The van der Waals surface area contributed by atoms with Crippen LogP contribution in [0.4, 0.5) is 0 Å². The molecule has 0 amide bonds. The van der Waals surface area contributed by atoms with Crippen molar-refractivity contribution in [3.05, 3.63) is 34.3 Å². The standard InChI is InChI=1S/C14H22BrNO2/c1-14(2,10-16-11(9-18)7-8-17)12-5-3-4-6-13(12)15/h3-6,11,16-18H,7-10H2,1-2H3. The molecule has 0 bridgehead atoms. The first-order valence-corrected chi connectivity index (χ1v) is 7.00. The zero-order valence-corrected chi connectivity index (χ0v) is 12.6. The van der Waals surface area contributed by atoms with Gasteiger partial charge in [-0.25, -0.2) is 0 Å². The zero-order chi connectivity index (χ0) is 13.6. The van der Waals surface area contributed by atoms with Crippen molar-refractivity contribution in [1.82, 2.24) is 5.32 Å². The molecule has 1 aromatic carbocycles. The van der Waals surface area contributed by atoms with Crippen molar-refractivity contribution in [2.75, 3.05) is 19.8 Å². The molecule has 1 rings (SSSR count). The maximum Gasteiger partial charge on any atom is 0.0585 e. The van der Waals surface area contributed by atoms with Crippen molar-refractivity contribution in [3.63, 3.8) is 0 Å². The molecule has 0 heterocycles. The lowest BCUT2D eigenvalue weighted by Gasteiger charge is -2.29. The van der Waals surface area contributed by atoms with E-state index >= 15 is 0 Å². The molecule has 0 fully saturated rings. The third-order valence-electron chi connectivity index (χ3n) is 3.13. The Hall–Kier alpha value is -0.420. The van der Waals surface area contributed by atoms with Crippen LogP contribution in [-0.4, -0.2) is 36.0 Å². The van der Waals surface area contributed by atoms with E-state index in [1.807, 2.05) is 18.2 Å². The van der Waals surface area contributed by atoms with E-state index in [0.29, 0.717) is 6.42 Å². The maximum atomic E-state index is 9.20. The van der Waals surface area contributed by atoms with Crippen LogP contribution in [0.25, 0.3) is 0 Å². The van der Waals surface area contributed by atoms with Gasteiger partial charge in [0, 0.05) is 29.1 Å². The van der Waals surface area contributed by atoms with Crippen molar-refractivity contribution in [1.29, 1.82) is 0 Å². The van der Waals surface area contributed by atoms with Gasteiger partial charge in [0.25, 0.3) is 0 Å². The Balaban J connectivity index is 2.67. The van der Waals surface area contributed by atoms with Gasteiger partial charge >= 0.3 is 0 Å². The molecule has 0 saturated heterocycles. The molecule has 1 atom stereocenters. The second-order valence-electron chi connectivity index (χ2n) is 5.14. The summed E-state index contributed by atoms with van der Waals surface area (Å²) in [6, 6.07) is 8.12. The molecular formula is C14H22BrNO2. The van der Waals surface area contributed by atoms with Crippen LogP contribution in [0.1, 0.15) is 25.8 Å². The molecule has 0 radical (unpaired) electrons. The minimum absolute atomic E-state index is 0.0387. The minimum Gasteiger partial charge on any atom is -0.396 e. The highest BCUT2D eigenvalue weighted by Gasteiger charge is 2.23. The summed E-state index contributed by atoms with van der Waals surface area (Å²) in [4.78, 5) is 0. The van der Waals surface area contributed by atoms with Gasteiger partial charge in [0.2, 0.25) is 0 Å². The number of benzene rings is 1. The van der Waals surface area contributed by atoms with Crippen molar-refractivity contribution < 1.29 is 10.2 Å². The molecule has 102 valence electrons.